The Labute approximate surface area is 134 Å². The van der Waals surface area contributed by atoms with E-state index in [-0.39, 0.29) is 17.8 Å². The molecular formula is C15H11F3N4O2. The summed E-state index contributed by atoms with van der Waals surface area (Å²) in [7, 11) is 0. The molecule has 0 aromatic carbocycles. The van der Waals surface area contributed by atoms with Crippen molar-refractivity contribution in [1.82, 2.24) is 19.7 Å². The van der Waals surface area contributed by atoms with Crippen molar-refractivity contribution in [3.8, 4) is 5.82 Å². The Hall–Kier alpha value is -2.84. The molecule has 2 aromatic heterocycles. The zero-order valence-electron chi connectivity index (χ0n) is 12.2. The van der Waals surface area contributed by atoms with Gasteiger partial charge in [0, 0.05) is 6.42 Å². The van der Waals surface area contributed by atoms with Crippen LogP contribution in [0.25, 0.3) is 5.82 Å². The first-order chi connectivity index (χ1) is 11.4. The number of hydrogen-bond donors (Lipinski definition) is 0. The maximum atomic E-state index is 13.3. The number of carbonyl (C=O) groups excluding carboxylic acids is 2. The summed E-state index contributed by atoms with van der Waals surface area (Å²) in [6.45, 7) is 0. The predicted molar refractivity (Wildman–Crippen MR) is 75.4 cm³/mol. The van der Waals surface area contributed by atoms with Crippen molar-refractivity contribution in [1.29, 1.82) is 0 Å². The second kappa shape index (κ2) is 5.99. The number of carbonyl (C=O) groups is 2. The number of alkyl halides is 3. The number of allylic oxidation sites excluding steroid dienone is 2. The van der Waals surface area contributed by atoms with E-state index in [0.29, 0.717) is 12.8 Å². The molecule has 0 fully saturated rings. The average Bonchev–Trinajstić information content (AvgIpc) is 3.08. The Kier molecular flexibility index (Phi) is 4.00. The van der Waals surface area contributed by atoms with Crippen LogP contribution in [0.4, 0.5) is 13.2 Å². The SMILES string of the molecule is O=C1CCCC=C1C(=O)c1ccc(-n2cncn2)nc1C(F)(F)F. The van der Waals surface area contributed by atoms with Crippen LogP contribution < -0.4 is 0 Å². The summed E-state index contributed by atoms with van der Waals surface area (Å²) in [5.41, 5.74) is -2.20. The largest absolute Gasteiger partial charge is 0.434 e. The smallest absolute Gasteiger partial charge is 0.294 e. The van der Waals surface area contributed by atoms with Crippen LogP contribution in [0.2, 0.25) is 0 Å². The van der Waals surface area contributed by atoms with Gasteiger partial charge in [-0.3, -0.25) is 9.59 Å². The van der Waals surface area contributed by atoms with Crippen LogP contribution in [0, 0.1) is 0 Å². The van der Waals surface area contributed by atoms with E-state index in [1.807, 2.05) is 0 Å². The highest BCUT2D eigenvalue weighted by atomic mass is 19.4. The third kappa shape index (κ3) is 2.97. The quantitative estimate of drug-likeness (QED) is 0.636. The Balaban J connectivity index is 2.09. The molecule has 0 spiro atoms. The molecule has 6 nitrogen and oxygen atoms in total. The lowest BCUT2D eigenvalue weighted by Crippen LogP contribution is -2.22. The number of nitrogens with zero attached hydrogens (tertiary/aromatic N) is 4. The minimum atomic E-state index is -4.85. The maximum Gasteiger partial charge on any atom is 0.434 e. The number of pyridine rings is 1. The maximum absolute atomic E-state index is 13.3. The molecule has 2 aromatic rings. The summed E-state index contributed by atoms with van der Waals surface area (Å²) >= 11 is 0. The van der Waals surface area contributed by atoms with Crippen molar-refractivity contribution in [2.45, 2.75) is 25.4 Å². The van der Waals surface area contributed by atoms with Gasteiger partial charge in [-0.1, -0.05) is 6.08 Å². The number of Topliss-reactive ketones (excluding diaryl/α,β-unsaturated/α-hetero) is 2. The molecule has 9 heteroatoms. The minimum absolute atomic E-state index is 0.125. The molecule has 2 heterocycles. The van der Waals surface area contributed by atoms with Crippen molar-refractivity contribution in [2.24, 2.45) is 0 Å². The zero-order valence-corrected chi connectivity index (χ0v) is 12.2. The standard InChI is InChI=1S/C15H11F3N4O2/c16-15(17,18)14-10(13(24)9-3-1-2-4-11(9)23)5-6-12(21-14)22-8-19-7-20-22/h3,5-8H,1-2,4H2. The molecule has 24 heavy (non-hydrogen) atoms. The summed E-state index contributed by atoms with van der Waals surface area (Å²) in [4.78, 5) is 31.4. The van der Waals surface area contributed by atoms with Gasteiger partial charge in [-0.15, -0.1) is 0 Å². The van der Waals surface area contributed by atoms with Gasteiger partial charge in [0.25, 0.3) is 0 Å². The second-order valence-corrected chi connectivity index (χ2v) is 5.17. The summed E-state index contributed by atoms with van der Waals surface area (Å²) in [6.07, 6.45) is 0.115. The molecule has 0 radical (unpaired) electrons. The van der Waals surface area contributed by atoms with Crippen molar-refractivity contribution in [3.05, 3.63) is 47.7 Å². The van der Waals surface area contributed by atoms with E-state index in [1.165, 1.54) is 18.5 Å². The van der Waals surface area contributed by atoms with Gasteiger partial charge in [-0.2, -0.15) is 18.3 Å². The molecule has 0 bridgehead atoms. The van der Waals surface area contributed by atoms with Crippen molar-refractivity contribution in [3.63, 3.8) is 0 Å². The molecule has 0 aliphatic heterocycles. The molecule has 0 saturated carbocycles. The van der Waals surface area contributed by atoms with E-state index in [4.69, 9.17) is 0 Å². The highest BCUT2D eigenvalue weighted by Crippen LogP contribution is 2.33. The summed E-state index contributed by atoms with van der Waals surface area (Å²) in [5.74, 6) is -1.52. The van der Waals surface area contributed by atoms with E-state index in [0.717, 1.165) is 17.1 Å². The van der Waals surface area contributed by atoms with Crippen LogP contribution in [-0.4, -0.2) is 31.3 Å². The van der Waals surface area contributed by atoms with Crippen molar-refractivity contribution >= 4 is 11.6 Å². The van der Waals surface area contributed by atoms with Crippen LogP contribution in [0.1, 0.15) is 35.3 Å². The van der Waals surface area contributed by atoms with Crippen molar-refractivity contribution in [2.75, 3.05) is 0 Å². The summed E-state index contributed by atoms with van der Waals surface area (Å²) in [5, 5.41) is 3.71. The molecule has 3 rings (SSSR count). The molecule has 0 saturated heterocycles. The fourth-order valence-corrected chi connectivity index (χ4v) is 2.42. The van der Waals surface area contributed by atoms with Crippen LogP contribution in [0.3, 0.4) is 0 Å². The lowest BCUT2D eigenvalue weighted by molar-refractivity contribution is -0.141. The monoisotopic (exact) mass is 336 g/mol. The van der Waals surface area contributed by atoms with E-state index in [9.17, 15) is 22.8 Å². The van der Waals surface area contributed by atoms with Crippen LogP contribution in [0.5, 0.6) is 0 Å². The first kappa shape index (κ1) is 16.0. The molecule has 0 amide bonds. The third-order valence-corrected chi connectivity index (χ3v) is 3.55. The van der Waals surface area contributed by atoms with E-state index >= 15 is 0 Å². The number of halogens is 3. The van der Waals surface area contributed by atoms with Gasteiger partial charge in [0.15, 0.2) is 23.1 Å². The first-order valence-corrected chi connectivity index (χ1v) is 7.09. The zero-order chi connectivity index (χ0) is 17.3. The topological polar surface area (TPSA) is 77.7 Å². The van der Waals surface area contributed by atoms with Gasteiger partial charge in [0.2, 0.25) is 0 Å². The molecule has 124 valence electrons. The second-order valence-electron chi connectivity index (χ2n) is 5.17. The highest BCUT2D eigenvalue weighted by molar-refractivity contribution is 6.26. The third-order valence-electron chi connectivity index (χ3n) is 3.55. The first-order valence-electron chi connectivity index (χ1n) is 7.09. The lowest BCUT2D eigenvalue weighted by Gasteiger charge is -2.15. The number of hydrogen-bond acceptors (Lipinski definition) is 5. The van der Waals surface area contributed by atoms with Crippen LogP contribution in [-0.2, 0) is 11.0 Å². The van der Waals surface area contributed by atoms with Gasteiger partial charge in [-0.25, -0.2) is 14.6 Å². The molecule has 0 atom stereocenters. The number of aromatic nitrogens is 4. The normalized spacial score (nSPS) is 15.3. The predicted octanol–water partition coefficient (Wildman–Crippen LogP) is 2.54. The van der Waals surface area contributed by atoms with Gasteiger partial charge >= 0.3 is 6.18 Å². The molecule has 0 N–H and O–H groups in total. The highest BCUT2D eigenvalue weighted by Gasteiger charge is 2.39. The van der Waals surface area contributed by atoms with Gasteiger partial charge in [0.1, 0.15) is 12.7 Å². The number of ketones is 2. The minimum Gasteiger partial charge on any atom is -0.294 e. The van der Waals surface area contributed by atoms with Gasteiger partial charge in [0.05, 0.1) is 11.1 Å². The Morgan fingerprint density at radius 3 is 2.67 bits per heavy atom. The number of rotatable bonds is 3. The molecule has 1 aliphatic carbocycles. The summed E-state index contributed by atoms with van der Waals surface area (Å²) in [6, 6.07) is 2.24. The van der Waals surface area contributed by atoms with Gasteiger partial charge in [-0.05, 0) is 25.0 Å². The van der Waals surface area contributed by atoms with E-state index in [2.05, 4.69) is 15.1 Å². The van der Waals surface area contributed by atoms with Gasteiger partial charge < -0.3 is 0 Å². The van der Waals surface area contributed by atoms with Crippen LogP contribution in [0.15, 0.2) is 36.4 Å². The van der Waals surface area contributed by atoms with Crippen molar-refractivity contribution < 1.29 is 22.8 Å². The molecule has 0 unspecified atom stereocenters. The average molecular weight is 336 g/mol. The fraction of sp³-hybridized carbons (Fsp3) is 0.267. The van der Waals surface area contributed by atoms with E-state index < -0.39 is 29.0 Å². The Bertz CT molecular complexity index is 826. The molecular weight excluding hydrogens is 325 g/mol. The van der Waals surface area contributed by atoms with Crippen LogP contribution >= 0.6 is 0 Å². The van der Waals surface area contributed by atoms with E-state index in [1.54, 1.807) is 0 Å². The summed E-state index contributed by atoms with van der Waals surface area (Å²) < 4.78 is 41.0. The lowest BCUT2D eigenvalue weighted by atomic mass is 9.91. The Morgan fingerprint density at radius 1 is 1.25 bits per heavy atom. The fourth-order valence-electron chi connectivity index (χ4n) is 2.42. The molecule has 1 aliphatic rings. The Morgan fingerprint density at radius 2 is 2.04 bits per heavy atom.